The molecule has 2 aliphatic heterocycles. The van der Waals surface area contributed by atoms with Gasteiger partial charge in [0.2, 0.25) is 0 Å². The maximum absolute atomic E-state index is 5.87. The number of aryl methyl sites for hydroxylation is 1. The lowest BCUT2D eigenvalue weighted by molar-refractivity contribution is 0.0992. The molecule has 3 rings (SSSR count). The van der Waals surface area contributed by atoms with Crippen LogP contribution < -0.4 is 10.6 Å². The molecule has 2 N–H and O–H groups in total. The highest BCUT2D eigenvalue weighted by atomic mass is 32.1. The second-order valence-electron chi connectivity index (χ2n) is 5.51. The van der Waals surface area contributed by atoms with Crippen molar-refractivity contribution in [3.05, 3.63) is 21.9 Å². The van der Waals surface area contributed by atoms with Crippen molar-refractivity contribution in [2.45, 2.75) is 57.4 Å². The number of hydrogen-bond acceptors (Lipinski definition) is 3. The molecule has 0 saturated carbocycles. The summed E-state index contributed by atoms with van der Waals surface area (Å²) in [7, 11) is 1.83. The molecule has 4 nitrogen and oxygen atoms in total. The van der Waals surface area contributed by atoms with Gasteiger partial charge in [0.25, 0.3) is 0 Å². The van der Waals surface area contributed by atoms with Crippen LogP contribution in [0.1, 0.15) is 35.9 Å². The number of guanidine groups is 1. The normalized spacial score (nSPS) is 28.9. The molecule has 2 fully saturated rings. The lowest BCUT2D eigenvalue weighted by Gasteiger charge is -2.22. The second kappa shape index (κ2) is 6.14. The van der Waals surface area contributed by atoms with E-state index in [0.717, 1.165) is 25.3 Å². The van der Waals surface area contributed by atoms with Crippen LogP contribution in [0.5, 0.6) is 0 Å². The van der Waals surface area contributed by atoms with Crippen molar-refractivity contribution < 1.29 is 4.74 Å². The molecule has 1 aromatic rings. The van der Waals surface area contributed by atoms with Gasteiger partial charge in [-0.1, -0.05) is 6.92 Å². The maximum atomic E-state index is 5.87. The Morgan fingerprint density at radius 2 is 2.25 bits per heavy atom. The van der Waals surface area contributed by atoms with Crippen LogP contribution in [0.15, 0.2) is 17.1 Å². The predicted molar refractivity (Wildman–Crippen MR) is 83.3 cm³/mol. The Morgan fingerprint density at radius 3 is 2.85 bits per heavy atom. The molecule has 2 aliphatic rings. The first-order valence-corrected chi connectivity index (χ1v) is 8.30. The Labute approximate surface area is 124 Å². The summed E-state index contributed by atoms with van der Waals surface area (Å²) in [5, 5.41) is 6.91. The Kier molecular flexibility index (Phi) is 4.27. The van der Waals surface area contributed by atoms with E-state index in [1.807, 2.05) is 18.4 Å². The van der Waals surface area contributed by atoms with Gasteiger partial charge in [-0.3, -0.25) is 4.99 Å². The van der Waals surface area contributed by atoms with Crippen LogP contribution >= 0.6 is 11.3 Å². The van der Waals surface area contributed by atoms with Crippen molar-refractivity contribution in [2.75, 3.05) is 7.05 Å². The van der Waals surface area contributed by atoms with Gasteiger partial charge in [-0.25, -0.2) is 0 Å². The van der Waals surface area contributed by atoms with E-state index < -0.39 is 0 Å². The summed E-state index contributed by atoms with van der Waals surface area (Å²) in [6, 6.07) is 4.83. The first-order valence-electron chi connectivity index (χ1n) is 7.48. The first-order chi connectivity index (χ1) is 9.78. The minimum atomic E-state index is 0.381. The topological polar surface area (TPSA) is 45.7 Å². The zero-order valence-corrected chi connectivity index (χ0v) is 13.0. The van der Waals surface area contributed by atoms with Crippen molar-refractivity contribution in [1.82, 2.24) is 10.6 Å². The van der Waals surface area contributed by atoms with E-state index in [1.54, 1.807) is 0 Å². The van der Waals surface area contributed by atoms with Gasteiger partial charge in [0.05, 0.1) is 24.8 Å². The highest BCUT2D eigenvalue weighted by Crippen LogP contribution is 2.34. The highest BCUT2D eigenvalue weighted by Gasteiger charge is 2.41. The van der Waals surface area contributed by atoms with E-state index in [0.29, 0.717) is 18.2 Å². The van der Waals surface area contributed by atoms with Crippen molar-refractivity contribution in [2.24, 2.45) is 4.99 Å². The van der Waals surface area contributed by atoms with Crippen molar-refractivity contribution in [3.8, 4) is 0 Å². The molecular formula is C15H23N3OS. The molecule has 110 valence electrons. The molecule has 0 amide bonds. The van der Waals surface area contributed by atoms with E-state index in [1.165, 1.54) is 22.6 Å². The van der Waals surface area contributed by atoms with Gasteiger partial charge in [-0.2, -0.15) is 0 Å². The van der Waals surface area contributed by atoms with Gasteiger partial charge in [-0.15, -0.1) is 11.3 Å². The largest absolute Gasteiger partial charge is 0.373 e. The molecule has 3 heterocycles. The summed E-state index contributed by atoms with van der Waals surface area (Å²) in [6.07, 6.45) is 5.49. The van der Waals surface area contributed by atoms with Gasteiger partial charge in [0.15, 0.2) is 5.96 Å². The molecule has 1 aromatic heterocycles. The number of fused-ring (bicyclic) bond motifs is 2. The standard InChI is InChI=1S/C15H23N3OS/c1-3-11-5-6-12(20-11)9-17-15(16-2)18-13-8-10-4-7-14(13)19-10/h5-6,10,13-14H,3-4,7-9H2,1-2H3,(H2,16,17,18). The maximum Gasteiger partial charge on any atom is 0.191 e. The van der Waals surface area contributed by atoms with E-state index in [4.69, 9.17) is 4.74 Å². The number of nitrogens with zero attached hydrogens (tertiary/aromatic N) is 1. The molecule has 0 spiro atoms. The van der Waals surface area contributed by atoms with Crippen molar-refractivity contribution in [3.63, 3.8) is 0 Å². The first kappa shape index (κ1) is 13.9. The minimum absolute atomic E-state index is 0.381. The van der Waals surface area contributed by atoms with E-state index in [-0.39, 0.29) is 0 Å². The van der Waals surface area contributed by atoms with Crippen LogP contribution in [0.3, 0.4) is 0 Å². The fourth-order valence-electron chi connectivity index (χ4n) is 3.04. The fourth-order valence-corrected chi connectivity index (χ4v) is 3.94. The number of rotatable bonds is 4. The van der Waals surface area contributed by atoms with Gasteiger partial charge >= 0.3 is 0 Å². The third kappa shape index (κ3) is 2.99. The second-order valence-corrected chi connectivity index (χ2v) is 6.76. The van der Waals surface area contributed by atoms with E-state index >= 15 is 0 Å². The average Bonchev–Trinajstić information content (AvgIpc) is 3.19. The van der Waals surface area contributed by atoms with Crippen LogP contribution in [0, 0.1) is 0 Å². The fraction of sp³-hybridized carbons (Fsp3) is 0.667. The molecule has 2 bridgehead atoms. The lowest BCUT2D eigenvalue weighted by atomic mass is 9.96. The van der Waals surface area contributed by atoms with Crippen LogP contribution in [-0.2, 0) is 17.7 Å². The average molecular weight is 293 g/mol. The van der Waals surface area contributed by atoms with Gasteiger partial charge in [0.1, 0.15) is 0 Å². The zero-order chi connectivity index (χ0) is 13.9. The lowest BCUT2D eigenvalue weighted by Crippen LogP contribution is -2.47. The van der Waals surface area contributed by atoms with Gasteiger partial charge in [-0.05, 0) is 37.8 Å². The Bertz CT molecular complexity index is 485. The quantitative estimate of drug-likeness (QED) is 0.661. The molecule has 3 unspecified atom stereocenters. The number of hydrogen-bond donors (Lipinski definition) is 2. The SMILES string of the molecule is CCc1ccc(CNC(=NC)NC2CC3CCC2O3)s1. The molecular weight excluding hydrogens is 270 g/mol. The summed E-state index contributed by atoms with van der Waals surface area (Å²) in [6.45, 7) is 3.03. The summed E-state index contributed by atoms with van der Waals surface area (Å²) in [5.74, 6) is 0.887. The third-order valence-corrected chi connectivity index (χ3v) is 5.38. The molecule has 3 atom stereocenters. The molecule has 20 heavy (non-hydrogen) atoms. The molecule has 0 aliphatic carbocycles. The third-order valence-electron chi connectivity index (χ3n) is 4.15. The van der Waals surface area contributed by atoms with Gasteiger partial charge in [0, 0.05) is 16.8 Å². The Balaban J connectivity index is 1.50. The van der Waals surface area contributed by atoms with E-state index in [2.05, 4.69) is 34.7 Å². The molecule has 2 saturated heterocycles. The predicted octanol–water partition coefficient (Wildman–Crippen LogP) is 2.30. The molecule has 5 heteroatoms. The van der Waals surface area contributed by atoms with Crippen molar-refractivity contribution in [1.29, 1.82) is 0 Å². The molecule has 0 radical (unpaired) electrons. The van der Waals surface area contributed by atoms with Crippen LogP contribution in [0.4, 0.5) is 0 Å². The summed E-state index contributed by atoms with van der Waals surface area (Å²) in [5.41, 5.74) is 0. The number of ether oxygens (including phenoxy) is 1. The van der Waals surface area contributed by atoms with E-state index in [9.17, 15) is 0 Å². The van der Waals surface area contributed by atoms with Crippen LogP contribution in [0.2, 0.25) is 0 Å². The number of thiophene rings is 1. The highest BCUT2D eigenvalue weighted by molar-refractivity contribution is 7.11. The Hall–Kier alpha value is -1.07. The Morgan fingerprint density at radius 1 is 1.40 bits per heavy atom. The van der Waals surface area contributed by atoms with Crippen LogP contribution in [0.25, 0.3) is 0 Å². The monoisotopic (exact) mass is 293 g/mol. The number of nitrogens with one attached hydrogen (secondary N) is 2. The van der Waals surface area contributed by atoms with Crippen LogP contribution in [-0.4, -0.2) is 31.3 Å². The molecule has 0 aromatic carbocycles. The smallest absolute Gasteiger partial charge is 0.191 e. The minimum Gasteiger partial charge on any atom is -0.373 e. The zero-order valence-electron chi connectivity index (χ0n) is 12.2. The summed E-state index contributed by atoms with van der Waals surface area (Å²) < 4.78 is 5.87. The summed E-state index contributed by atoms with van der Waals surface area (Å²) >= 11 is 1.87. The number of aliphatic imine (C=N–C) groups is 1. The summed E-state index contributed by atoms with van der Waals surface area (Å²) in [4.78, 5) is 7.11. The van der Waals surface area contributed by atoms with Gasteiger partial charge < -0.3 is 15.4 Å². The van der Waals surface area contributed by atoms with Crippen molar-refractivity contribution >= 4 is 17.3 Å².